The van der Waals surface area contributed by atoms with Crippen LogP contribution in [0.2, 0.25) is 0 Å². The third-order valence-electron chi connectivity index (χ3n) is 5.91. The molecule has 0 fully saturated rings. The van der Waals surface area contributed by atoms with Crippen LogP contribution in [-0.4, -0.2) is 85.7 Å². The number of carboxylic acid groups (broad SMARTS) is 2. The summed E-state index contributed by atoms with van der Waals surface area (Å²) in [4.78, 5) is 68.4. The molecule has 0 aliphatic rings. The molecule has 1 aromatic heterocycles. The maximum atomic E-state index is 13.3. The van der Waals surface area contributed by atoms with E-state index in [1.54, 1.807) is 0 Å². The number of aromatic nitrogens is 2. The summed E-state index contributed by atoms with van der Waals surface area (Å²) < 4.78 is 0. The number of hydrogen-bond donors (Lipinski definition) is 9. The average molecular weight is 562 g/mol. The Hall–Kier alpha value is -4.50. The third kappa shape index (κ3) is 10.7. The van der Waals surface area contributed by atoms with Crippen molar-refractivity contribution >= 4 is 29.7 Å². The first-order valence-corrected chi connectivity index (χ1v) is 12.6. The molecule has 3 amide bonds. The number of unbranched alkanes of at least 4 members (excludes halogenated alkanes) is 1. The lowest BCUT2D eigenvalue weighted by molar-refractivity contribution is -0.142. The van der Waals surface area contributed by atoms with Crippen molar-refractivity contribution in [2.45, 2.75) is 62.7 Å². The molecule has 2 aromatic rings. The van der Waals surface area contributed by atoms with Crippen molar-refractivity contribution < 1.29 is 39.3 Å². The molecule has 0 radical (unpaired) electrons. The van der Waals surface area contributed by atoms with Gasteiger partial charge in [-0.1, -0.05) is 12.1 Å². The van der Waals surface area contributed by atoms with Crippen molar-refractivity contribution in [1.82, 2.24) is 25.9 Å². The number of imidazole rings is 1. The van der Waals surface area contributed by atoms with E-state index in [0.29, 0.717) is 30.6 Å². The van der Waals surface area contributed by atoms with Crippen LogP contribution in [0.5, 0.6) is 5.75 Å². The standard InChI is InChI=1S/C25H35N7O8/c26-8-2-1-3-18(23(37)32-20(25(39)40)9-14-4-6-16(33)7-5-14)30-24(38)19(10-15-12-28-13-29-15)31-22(36)17(27)11-21(34)35/h4-7,12-13,17-20,33H,1-3,8-11,26-27H2,(H,28,29)(H,30,38)(H,31,36)(H,32,37)(H,34,35)(H,39,40). The summed E-state index contributed by atoms with van der Waals surface area (Å²) in [6, 6.07) is 0.644. The number of carboxylic acids is 2. The number of carbonyl (C=O) groups is 5. The van der Waals surface area contributed by atoms with Crippen molar-refractivity contribution in [2.24, 2.45) is 11.5 Å². The Labute approximate surface area is 229 Å². The van der Waals surface area contributed by atoms with Gasteiger partial charge in [0.05, 0.1) is 18.8 Å². The second kappa shape index (κ2) is 15.8. The summed E-state index contributed by atoms with van der Waals surface area (Å²) in [5.41, 5.74) is 12.2. The smallest absolute Gasteiger partial charge is 0.326 e. The van der Waals surface area contributed by atoms with E-state index in [0.717, 1.165) is 0 Å². The molecule has 2 rings (SSSR count). The minimum absolute atomic E-state index is 0.00281. The number of aromatic hydroxyl groups is 1. The second-order valence-electron chi connectivity index (χ2n) is 9.16. The van der Waals surface area contributed by atoms with Crippen molar-refractivity contribution in [3.8, 4) is 5.75 Å². The monoisotopic (exact) mass is 561 g/mol. The van der Waals surface area contributed by atoms with E-state index in [9.17, 15) is 34.2 Å². The van der Waals surface area contributed by atoms with Crippen LogP contribution in [-0.2, 0) is 36.8 Å². The number of aromatic amines is 1. The summed E-state index contributed by atoms with van der Waals surface area (Å²) in [6.45, 7) is 0.334. The number of hydrogen-bond acceptors (Lipinski definition) is 9. The Bertz CT molecular complexity index is 1140. The van der Waals surface area contributed by atoms with Crippen molar-refractivity contribution in [3.63, 3.8) is 0 Å². The fraction of sp³-hybridized carbons (Fsp3) is 0.440. The lowest BCUT2D eigenvalue weighted by atomic mass is 10.0. The van der Waals surface area contributed by atoms with Crippen molar-refractivity contribution in [1.29, 1.82) is 0 Å². The fourth-order valence-corrected chi connectivity index (χ4v) is 3.76. The first kappa shape index (κ1) is 31.7. The number of benzene rings is 1. The highest BCUT2D eigenvalue weighted by Crippen LogP contribution is 2.12. The van der Waals surface area contributed by atoms with Gasteiger partial charge in [0.2, 0.25) is 17.7 Å². The number of H-pyrrole nitrogens is 1. The fourth-order valence-electron chi connectivity index (χ4n) is 3.76. The normalized spacial score (nSPS) is 13.8. The topological polar surface area (TPSA) is 263 Å². The maximum absolute atomic E-state index is 13.3. The van der Waals surface area contributed by atoms with E-state index in [-0.39, 0.29) is 25.0 Å². The number of nitrogens with one attached hydrogen (secondary N) is 4. The van der Waals surface area contributed by atoms with Gasteiger partial charge in [-0.25, -0.2) is 9.78 Å². The minimum Gasteiger partial charge on any atom is -0.508 e. The Morgan fingerprint density at radius 2 is 1.50 bits per heavy atom. The molecule has 0 aliphatic heterocycles. The van der Waals surface area contributed by atoms with Gasteiger partial charge in [-0.05, 0) is 43.5 Å². The van der Waals surface area contributed by atoms with Gasteiger partial charge >= 0.3 is 11.9 Å². The Kier molecular flexibility index (Phi) is 12.5. The lowest BCUT2D eigenvalue weighted by Gasteiger charge is -2.25. The molecule has 218 valence electrons. The number of carbonyl (C=O) groups excluding carboxylic acids is 3. The summed E-state index contributed by atoms with van der Waals surface area (Å²) in [6.07, 6.45) is 3.08. The van der Waals surface area contributed by atoms with E-state index in [4.69, 9.17) is 16.6 Å². The molecule has 0 bridgehead atoms. The van der Waals surface area contributed by atoms with Crippen LogP contribution >= 0.6 is 0 Å². The molecule has 15 heteroatoms. The van der Waals surface area contributed by atoms with E-state index >= 15 is 0 Å². The number of phenols is 1. The summed E-state index contributed by atoms with van der Waals surface area (Å²) in [5, 5.41) is 35.5. The van der Waals surface area contributed by atoms with Crippen LogP contribution in [0.4, 0.5) is 0 Å². The molecule has 15 nitrogen and oxygen atoms in total. The maximum Gasteiger partial charge on any atom is 0.326 e. The number of phenolic OH excluding ortho intramolecular Hbond substituents is 1. The van der Waals surface area contributed by atoms with Gasteiger partial charge in [-0.2, -0.15) is 0 Å². The van der Waals surface area contributed by atoms with Gasteiger partial charge in [0.1, 0.15) is 23.9 Å². The van der Waals surface area contributed by atoms with E-state index < -0.39 is 60.2 Å². The van der Waals surface area contributed by atoms with Crippen LogP contribution in [0.15, 0.2) is 36.8 Å². The molecule has 0 saturated heterocycles. The van der Waals surface area contributed by atoms with Gasteiger partial charge in [-0.3, -0.25) is 19.2 Å². The molecule has 0 saturated carbocycles. The number of rotatable bonds is 17. The highest BCUT2D eigenvalue weighted by atomic mass is 16.4. The molecule has 1 aromatic carbocycles. The SMILES string of the molecule is NCCCCC(NC(=O)C(Cc1cnc[nH]1)NC(=O)C(N)CC(=O)O)C(=O)NC(Cc1ccc(O)cc1)C(=O)O. The third-order valence-corrected chi connectivity index (χ3v) is 5.91. The van der Waals surface area contributed by atoms with Gasteiger partial charge in [0.25, 0.3) is 0 Å². The highest BCUT2D eigenvalue weighted by molar-refractivity contribution is 5.94. The molecular weight excluding hydrogens is 526 g/mol. The second-order valence-corrected chi connectivity index (χ2v) is 9.16. The molecule has 1 heterocycles. The predicted octanol–water partition coefficient (Wildman–Crippen LogP) is -1.63. The van der Waals surface area contributed by atoms with Crippen molar-refractivity contribution in [3.05, 3.63) is 48.0 Å². The largest absolute Gasteiger partial charge is 0.508 e. The Morgan fingerprint density at radius 1 is 0.875 bits per heavy atom. The minimum atomic E-state index is -1.42. The summed E-state index contributed by atoms with van der Waals surface area (Å²) in [7, 11) is 0. The van der Waals surface area contributed by atoms with Crippen molar-refractivity contribution in [2.75, 3.05) is 6.54 Å². The van der Waals surface area contributed by atoms with Crippen LogP contribution in [0.1, 0.15) is 36.9 Å². The number of nitrogens with two attached hydrogens (primary N) is 2. The van der Waals surface area contributed by atoms with Gasteiger partial charge < -0.3 is 47.7 Å². The van der Waals surface area contributed by atoms with E-state index in [1.807, 2.05) is 0 Å². The molecule has 4 unspecified atom stereocenters. The van der Waals surface area contributed by atoms with E-state index in [2.05, 4.69) is 25.9 Å². The summed E-state index contributed by atoms with van der Waals surface area (Å²) >= 11 is 0. The first-order valence-electron chi connectivity index (χ1n) is 12.6. The molecule has 0 spiro atoms. The molecule has 0 aliphatic carbocycles. The van der Waals surface area contributed by atoms with Gasteiger partial charge in [-0.15, -0.1) is 0 Å². The quantitative estimate of drug-likeness (QED) is 0.0990. The molecular formula is C25H35N7O8. The van der Waals surface area contributed by atoms with Crippen LogP contribution in [0.25, 0.3) is 0 Å². The number of nitrogens with zero attached hydrogens (tertiary/aromatic N) is 1. The number of amides is 3. The van der Waals surface area contributed by atoms with Crippen LogP contribution in [0, 0.1) is 0 Å². The van der Waals surface area contributed by atoms with Crippen LogP contribution in [0.3, 0.4) is 0 Å². The summed E-state index contributed by atoms with van der Waals surface area (Å²) in [5.74, 6) is -5.01. The molecule has 40 heavy (non-hydrogen) atoms. The van der Waals surface area contributed by atoms with E-state index in [1.165, 1.54) is 36.8 Å². The predicted molar refractivity (Wildman–Crippen MR) is 141 cm³/mol. The zero-order chi connectivity index (χ0) is 29.7. The number of aliphatic carboxylic acids is 2. The van der Waals surface area contributed by atoms with Gasteiger partial charge in [0.15, 0.2) is 0 Å². The lowest BCUT2D eigenvalue weighted by Crippen LogP contribution is -2.58. The highest BCUT2D eigenvalue weighted by Gasteiger charge is 2.31. The zero-order valence-electron chi connectivity index (χ0n) is 21.7. The van der Waals surface area contributed by atoms with Gasteiger partial charge in [0, 0.05) is 24.7 Å². The molecule has 11 N–H and O–H groups in total. The zero-order valence-corrected chi connectivity index (χ0v) is 21.7. The Morgan fingerprint density at radius 3 is 2.08 bits per heavy atom. The molecule has 4 atom stereocenters. The average Bonchev–Trinajstić information content (AvgIpc) is 3.41. The first-order chi connectivity index (χ1) is 19.0. The van der Waals surface area contributed by atoms with Crippen LogP contribution < -0.4 is 27.4 Å². The Balaban J connectivity index is 2.19.